The Bertz CT molecular complexity index is 327. The van der Waals surface area contributed by atoms with E-state index in [1.807, 2.05) is 0 Å². The predicted molar refractivity (Wildman–Crippen MR) is 66.4 cm³/mol. The van der Waals surface area contributed by atoms with Gasteiger partial charge in [0.2, 0.25) is 0 Å². The third-order valence-corrected chi connectivity index (χ3v) is 3.49. The van der Waals surface area contributed by atoms with Gasteiger partial charge in [0.1, 0.15) is 0 Å². The largest absolute Gasteiger partial charge is 0.393 e. The van der Waals surface area contributed by atoms with Crippen molar-refractivity contribution >= 4 is 0 Å². The highest BCUT2D eigenvalue weighted by molar-refractivity contribution is 5.24. The molecule has 2 rings (SSSR count). The van der Waals surface area contributed by atoms with Crippen LogP contribution >= 0.6 is 0 Å². The van der Waals surface area contributed by atoms with Crippen molar-refractivity contribution in [2.75, 3.05) is 0 Å². The van der Waals surface area contributed by atoms with E-state index < -0.39 is 0 Å². The van der Waals surface area contributed by atoms with E-state index in [1.165, 1.54) is 11.1 Å². The summed E-state index contributed by atoms with van der Waals surface area (Å²) in [6, 6.07) is 9.67. The van der Waals surface area contributed by atoms with E-state index >= 15 is 0 Å². The zero-order valence-electron chi connectivity index (χ0n) is 10.1. The van der Waals surface area contributed by atoms with Crippen LogP contribution in [0, 0.1) is 0 Å². The first-order valence-corrected chi connectivity index (χ1v) is 6.22. The minimum Gasteiger partial charge on any atom is -0.393 e. The maximum atomic E-state index is 9.23. The molecule has 1 aromatic rings. The van der Waals surface area contributed by atoms with Gasteiger partial charge in [-0.2, -0.15) is 0 Å². The van der Waals surface area contributed by atoms with Gasteiger partial charge in [0.25, 0.3) is 0 Å². The summed E-state index contributed by atoms with van der Waals surface area (Å²) in [6.45, 7) is 4.36. The van der Waals surface area contributed by atoms with Crippen LogP contribution in [0.5, 0.6) is 0 Å². The molecule has 1 aromatic carbocycles. The zero-order valence-corrected chi connectivity index (χ0v) is 10.1. The van der Waals surface area contributed by atoms with Crippen LogP contribution in [0.15, 0.2) is 24.3 Å². The molecule has 0 aromatic heterocycles. The fourth-order valence-electron chi connectivity index (χ4n) is 2.22. The molecule has 1 aliphatic rings. The standard InChI is InChI=1S/C14H21NO/c1-3-11-4-6-12(7-5-11)10(2)15-13-8-14(16)9-13/h4-7,10,13-16H,3,8-9H2,1-2H3. The predicted octanol–water partition coefficient (Wildman–Crippen LogP) is 2.42. The van der Waals surface area contributed by atoms with Gasteiger partial charge < -0.3 is 10.4 Å². The van der Waals surface area contributed by atoms with Crippen molar-refractivity contribution in [1.82, 2.24) is 5.32 Å². The minimum absolute atomic E-state index is 0.0767. The molecule has 1 atom stereocenters. The number of nitrogens with one attached hydrogen (secondary N) is 1. The van der Waals surface area contributed by atoms with E-state index in [4.69, 9.17) is 0 Å². The lowest BCUT2D eigenvalue weighted by atomic mass is 9.88. The zero-order chi connectivity index (χ0) is 11.5. The van der Waals surface area contributed by atoms with Crippen LogP contribution in [-0.4, -0.2) is 17.3 Å². The molecule has 1 fully saturated rings. The van der Waals surface area contributed by atoms with Gasteiger partial charge in [-0.15, -0.1) is 0 Å². The Morgan fingerprint density at radius 1 is 1.31 bits per heavy atom. The number of hydrogen-bond acceptors (Lipinski definition) is 2. The molecule has 0 saturated heterocycles. The highest BCUT2D eigenvalue weighted by atomic mass is 16.3. The Labute approximate surface area is 97.7 Å². The van der Waals surface area contributed by atoms with E-state index in [-0.39, 0.29) is 6.10 Å². The Morgan fingerprint density at radius 2 is 1.94 bits per heavy atom. The molecule has 1 saturated carbocycles. The summed E-state index contributed by atoms with van der Waals surface area (Å²) < 4.78 is 0. The molecular weight excluding hydrogens is 198 g/mol. The van der Waals surface area contributed by atoms with Crippen LogP contribution in [0.2, 0.25) is 0 Å². The lowest BCUT2D eigenvalue weighted by Crippen LogP contribution is -2.45. The van der Waals surface area contributed by atoms with Gasteiger partial charge in [0.15, 0.2) is 0 Å². The van der Waals surface area contributed by atoms with E-state index in [1.54, 1.807) is 0 Å². The molecule has 0 heterocycles. The maximum Gasteiger partial charge on any atom is 0.0570 e. The number of hydrogen-bond donors (Lipinski definition) is 2. The number of rotatable bonds is 4. The monoisotopic (exact) mass is 219 g/mol. The van der Waals surface area contributed by atoms with Crippen LogP contribution in [0.3, 0.4) is 0 Å². The SMILES string of the molecule is CCc1ccc(C(C)NC2CC(O)C2)cc1. The molecule has 0 aliphatic heterocycles. The smallest absolute Gasteiger partial charge is 0.0570 e. The molecule has 2 heteroatoms. The molecule has 1 unspecified atom stereocenters. The fourth-order valence-corrected chi connectivity index (χ4v) is 2.22. The van der Waals surface area contributed by atoms with Gasteiger partial charge in [0.05, 0.1) is 6.10 Å². The van der Waals surface area contributed by atoms with Crippen molar-refractivity contribution in [2.24, 2.45) is 0 Å². The number of benzene rings is 1. The normalized spacial score (nSPS) is 26.2. The number of aryl methyl sites for hydroxylation is 1. The van der Waals surface area contributed by atoms with Gasteiger partial charge in [-0.1, -0.05) is 31.2 Å². The Balaban J connectivity index is 1.90. The van der Waals surface area contributed by atoms with E-state index in [2.05, 4.69) is 43.4 Å². The van der Waals surface area contributed by atoms with Crippen LogP contribution < -0.4 is 5.32 Å². The Hall–Kier alpha value is -0.860. The van der Waals surface area contributed by atoms with E-state index in [9.17, 15) is 5.11 Å². The second-order valence-electron chi connectivity index (χ2n) is 4.81. The second-order valence-corrected chi connectivity index (χ2v) is 4.81. The molecular formula is C14H21NO. The summed E-state index contributed by atoms with van der Waals surface area (Å²) in [4.78, 5) is 0. The molecule has 16 heavy (non-hydrogen) atoms. The third kappa shape index (κ3) is 2.63. The molecule has 0 amide bonds. The summed E-state index contributed by atoms with van der Waals surface area (Å²) in [7, 11) is 0. The molecule has 1 aliphatic carbocycles. The van der Waals surface area contributed by atoms with Crippen LogP contribution in [0.1, 0.15) is 43.9 Å². The third-order valence-electron chi connectivity index (χ3n) is 3.49. The van der Waals surface area contributed by atoms with E-state index in [0.29, 0.717) is 12.1 Å². The van der Waals surface area contributed by atoms with E-state index in [0.717, 1.165) is 19.3 Å². The van der Waals surface area contributed by atoms with Crippen molar-refractivity contribution in [2.45, 2.75) is 51.3 Å². The molecule has 88 valence electrons. The van der Waals surface area contributed by atoms with Gasteiger partial charge in [-0.25, -0.2) is 0 Å². The minimum atomic E-state index is -0.0767. The summed E-state index contributed by atoms with van der Waals surface area (Å²) >= 11 is 0. The second kappa shape index (κ2) is 4.98. The summed E-state index contributed by atoms with van der Waals surface area (Å²) in [5.74, 6) is 0. The number of aliphatic hydroxyl groups excluding tert-OH is 1. The van der Waals surface area contributed by atoms with Crippen LogP contribution in [0.25, 0.3) is 0 Å². The highest BCUT2D eigenvalue weighted by Crippen LogP contribution is 2.23. The number of aliphatic hydroxyl groups is 1. The Morgan fingerprint density at radius 3 is 2.44 bits per heavy atom. The lowest BCUT2D eigenvalue weighted by molar-refractivity contribution is 0.0586. The van der Waals surface area contributed by atoms with Gasteiger partial charge in [-0.05, 0) is 37.3 Å². The first kappa shape index (κ1) is 11.6. The maximum absolute atomic E-state index is 9.23. The topological polar surface area (TPSA) is 32.3 Å². The summed E-state index contributed by atoms with van der Waals surface area (Å²) in [5, 5.41) is 12.8. The highest BCUT2D eigenvalue weighted by Gasteiger charge is 2.27. The first-order chi connectivity index (χ1) is 7.69. The van der Waals surface area contributed by atoms with Crippen LogP contribution in [0.4, 0.5) is 0 Å². The molecule has 0 spiro atoms. The fraction of sp³-hybridized carbons (Fsp3) is 0.571. The van der Waals surface area contributed by atoms with Gasteiger partial charge in [0, 0.05) is 12.1 Å². The molecule has 0 bridgehead atoms. The molecule has 0 radical (unpaired) electrons. The Kier molecular flexibility index (Phi) is 3.62. The summed E-state index contributed by atoms with van der Waals surface area (Å²) in [6.07, 6.45) is 2.82. The van der Waals surface area contributed by atoms with Gasteiger partial charge >= 0.3 is 0 Å². The average molecular weight is 219 g/mol. The van der Waals surface area contributed by atoms with Crippen LogP contribution in [-0.2, 0) is 6.42 Å². The van der Waals surface area contributed by atoms with Crippen molar-refractivity contribution in [3.8, 4) is 0 Å². The van der Waals surface area contributed by atoms with Crippen molar-refractivity contribution in [3.63, 3.8) is 0 Å². The van der Waals surface area contributed by atoms with Crippen molar-refractivity contribution in [3.05, 3.63) is 35.4 Å². The molecule has 2 nitrogen and oxygen atoms in total. The average Bonchev–Trinajstić information content (AvgIpc) is 2.27. The molecule has 2 N–H and O–H groups in total. The lowest BCUT2D eigenvalue weighted by Gasteiger charge is -2.34. The summed E-state index contributed by atoms with van der Waals surface area (Å²) in [5.41, 5.74) is 2.72. The van der Waals surface area contributed by atoms with Crippen molar-refractivity contribution < 1.29 is 5.11 Å². The van der Waals surface area contributed by atoms with Crippen molar-refractivity contribution in [1.29, 1.82) is 0 Å². The first-order valence-electron chi connectivity index (χ1n) is 6.22. The van der Waals surface area contributed by atoms with Gasteiger partial charge in [-0.3, -0.25) is 0 Å². The quantitative estimate of drug-likeness (QED) is 0.815.